The molecule has 0 aromatic heterocycles. The van der Waals surface area contributed by atoms with Gasteiger partial charge in [0.25, 0.3) is 5.91 Å². The number of ether oxygens (including phenoxy) is 3. The minimum Gasteiger partial charge on any atom is -0.491 e. The van der Waals surface area contributed by atoms with Crippen molar-refractivity contribution in [2.24, 2.45) is 5.10 Å². The zero-order chi connectivity index (χ0) is 26.8. The summed E-state index contributed by atoms with van der Waals surface area (Å²) < 4.78 is 16.8. The zero-order valence-corrected chi connectivity index (χ0v) is 22.2. The molecule has 0 spiro atoms. The van der Waals surface area contributed by atoms with Crippen LogP contribution in [0.1, 0.15) is 51.3 Å². The number of thiocarbonyl (C=S) groups is 1. The maximum Gasteiger partial charge on any atom is 0.338 e. The summed E-state index contributed by atoms with van der Waals surface area (Å²) >= 11 is 5.30. The molecule has 3 N–H and O–H groups in total. The van der Waals surface area contributed by atoms with Crippen LogP contribution in [0.25, 0.3) is 0 Å². The van der Waals surface area contributed by atoms with E-state index >= 15 is 0 Å². The Morgan fingerprint density at radius 1 is 1.16 bits per heavy atom. The normalized spacial score (nSPS) is 16.0. The van der Waals surface area contributed by atoms with Gasteiger partial charge in [-0.2, -0.15) is 5.10 Å². The average Bonchev–Trinajstić information content (AvgIpc) is 2.88. The smallest absolute Gasteiger partial charge is 0.338 e. The average molecular weight is 525 g/mol. The van der Waals surface area contributed by atoms with Gasteiger partial charge in [-0.25, -0.2) is 10.2 Å². The lowest BCUT2D eigenvalue weighted by atomic mass is 9.95. The first-order chi connectivity index (χ1) is 17.8. The van der Waals surface area contributed by atoms with Crippen LogP contribution in [0.3, 0.4) is 0 Å². The molecule has 2 aromatic carbocycles. The monoisotopic (exact) mass is 524 g/mol. The van der Waals surface area contributed by atoms with Gasteiger partial charge in [-0.05, 0) is 75.3 Å². The lowest BCUT2D eigenvalue weighted by Gasteiger charge is -2.30. The minimum atomic E-state index is -0.600. The number of nitrogens with zero attached hydrogens (tertiary/aromatic N) is 1. The van der Waals surface area contributed by atoms with Gasteiger partial charge >= 0.3 is 5.97 Å². The third kappa shape index (κ3) is 7.78. The highest BCUT2D eigenvalue weighted by Gasteiger charge is 2.32. The molecule has 0 aliphatic carbocycles. The molecule has 0 radical (unpaired) electrons. The van der Waals surface area contributed by atoms with E-state index in [-0.39, 0.29) is 19.3 Å². The van der Waals surface area contributed by atoms with Crippen molar-refractivity contribution >= 4 is 35.4 Å². The molecule has 0 saturated carbocycles. The van der Waals surface area contributed by atoms with Gasteiger partial charge in [0, 0.05) is 11.3 Å². The molecule has 0 fully saturated rings. The predicted octanol–water partition coefficient (Wildman–Crippen LogP) is 3.75. The molecule has 37 heavy (non-hydrogen) atoms. The summed E-state index contributed by atoms with van der Waals surface area (Å²) in [5, 5.41) is 10.4. The predicted molar refractivity (Wildman–Crippen MR) is 145 cm³/mol. The Balaban J connectivity index is 1.63. The van der Waals surface area contributed by atoms with E-state index in [2.05, 4.69) is 28.1 Å². The van der Waals surface area contributed by atoms with Crippen LogP contribution in [0, 0.1) is 0 Å². The summed E-state index contributed by atoms with van der Waals surface area (Å²) in [4.78, 5) is 25.0. The van der Waals surface area contributed by atoms with E-state index in [0.717, 1.165) is 17.7 Å². The molecule has 0 unspecified atom stereocenters. The van der Waals surface area contributed by atoms with E-state index in [1.165, 1.54) is 6.21 Å². The Hall–Kier alpha value is -3.92. The van der Waals surface area contributed by atoms with Gasteiger partial charge in [-0.15, -0.1) is 0 Å². The zero-order valence-electron chi connectivity index (χ0n) is 21.4. The highest BCUT2D eigenvalue weighted by atomic mass is 32.1. The fourth-order valence-corrected chi connectivity index (χ4v) is 3.83. The second-order valence-corrected chi connectivity index (χ2v) is 8.72. The van der Waals surface area contributed by atoms with Crippen molar-refractivity contribution in [1.82, 2.24) is 16.1 Å². The summed E-state index contributed by atoms with van der Waals surface area (Å²) in [5.74, 6) is 0.306. The number of allylic oxidation sites excluding steroid dienone is 1. The third-order valence-electron chi connectivity index (χ3n) is 5.55. The third-order valence-corrected chi connectivity index (χ3v) is 5.77. The van der Waals surface area contributed by atoms with Crippen LogP contribution in [-0.4, -0.2) is 42.5 Å². The van der Waals surface area contributed by atoms with Crippen LogP contribution in [0.5, 0.6) is 11.5 Å². The molecule has 2 atom stereocenters. The Kier molecular flexibility index (Phi) is 10.0. The lowest BCUT2D eigenvalue weighted by molar-refractivity contribution is -0.139. The molecule has 0 bridgehead atoms. The fourth-order valence-electron chi connectivity index (χ4n) is 3.56. The Labute approximate surface area is 222 Å². The molecule has 3 rings (SSSR count). The van der Waals surface area contributed by atoms with Crippen LogP contribution in [-0.2, 0) is 14.3 Å². The first-order valence-electron chi connectivity index (χ1n) is 12.1. The number of hydrazone groups is 1. The maximum atomic E-state index is 12.7. The van der Waals surface area contributed by atoms with Crippen LogP contribution in [0.2, 0.25) is 0 Å². The van der Waals surface area contributed by atoms with E-state index < -0.39 is 17.9 Å². The maximum absolute atomic E-state index is 12.7. The van der Waals surface area contributed by atoms with Crippen molar-refractivity contribution < 1.29 is 23.8 Å². The first kappa shape index (κ1) is 27.7. The van der Waals surface area contributed by atoms with Gasteiger partial charge in [0.1, 0.15) is 11.5 Å². The molecule has 1 aliphatic heterocycles. The number of carbonyl (C=O) groups is 2. The number of hydrogen-bond donors (Lipinski definition) is 3. The van der Waals surface area contributed by atoms with Crippen molar-refractivity contribution in [2.45, 2.75) is 46.3 Å². The molecule has 196 valence electrons. The van der Waals surface area contributed by atoms with Crippen LogP contribution >= 0.6 is 12.2 Å². The second kappa shape index (κ2) is 13.4. The standard InChI is InChI=1S/C27H32N4O5S/c1-5-17(3)36-20-13-11-19(12-14-20)15-28-31-23(32)16-35-22-10-8-7-9-21(22)25-24(26(33)34-6-2)18(4)29-27(37)30-25/h7-15,17,25H,5-6,16H2,1-4H3,(H,31,32)(H2,29,30,37)/t17-,25-/m1/s1. The van der Waals surface area contributed by atoms with E-state index in [1.807, 2.05) is 37.3 Å². The molecule has 9 nitrogen and oxygen atoms in total. The molecule has 10 heteroatoms. The molecular weight excluding hydrogens is 492 g/mol. The topological polar surface area (TPSA) is 110 Å². The van der Waals surface area contributed by atoms with E-state index in [0.29, 0.717) is 27.7 Å². The van der Waals surface area contributed by atoms with Gasteiger partial charge in [-0.3, -0.25) is 4.79 Å². The van der Waals surface area contributed by atoms with E-state index in [1.54, 1.807) is 32.0 Å². The number of nitrogens with one attached hydrogen (secondary N) is 3. The number of carbonyl (C=O) groups excluding carboxylic acids is 2. The van der Waals surface area contributed by atoms with Crippen molar-refractivity contribution in [3.05, 3.63) is 70.9 Å². The van der Waals surface area contributed by atoms with E-state index in [9.17, 15) is 9.59 Å². The Morgan fingerprint density at radius 2 is 1.89 bits per heavy atom. The summed E-state index contributed by atoms with van der Waals surface area (Å²) in [6, 6.07) is 13.9. The van der Waals surface area contributed by atoms with Crippen LogP contribution in [0.4, 0.5) is 0 Å². The number of hydrogen-bond acceptors (Lipinski definition) is 7. The fraction of sp³-hybridized carbons (Fsp3) is 0.333. The van der Waals surface area contributed by atoms with Crippen molar-refractivity contribution in [2.75, 3.05) is 13.2 Å². The first-order valence-corrected chi connectivity index (χ1v) is 12.5. The number of benzene rings is 2. The number of amides is 1. The largest absolute Gasteiger partial charge is 0.491 e. The minimum absolute atomic E-state index is 0.142. The highest BCUT2D eigenvalue weighted by molar-refractivity contribution is 7.80. The SMILES string of the molecule is CCOC(=O)C1=C(C)NC(=S)N[C@@H]1c1ccccc1OCC(=O)NN=Cc1ccc(O[C@H](C)CC)cc1. The lowest BCUT2D eigenvalue weighted by Crippen LogP contribution is -2.45. The molecule has 1 amide bonds. The van der Waals surface area contributed by atoms with Gasteiger partial charge in [0.2, 0.25) is 0 Å². The van der Waals surface area contributed by atoms with Gasteiger partial charge < -0.3 is 24.8 Å². The van der Waals surface area contributed by atoms with Crippen molar-refractivity contribution in [3.63, 3.8) is 0 Å². The second-order valence-electron chi connectivity index (χ2n) is 8.32. The van der Waals surface area contributed by atoms with Gasteiger partial charge in [0.15, 0.2) is 11.7 Å². The van der Waals surface area contributed by atoms with Crippen molar-refractivity contribution in [3.8, 4) is 11.5 Å². The van der Waals surface area contributed by atoms with Gasteiger partial charge in [0.05, 0.1) is 30.5 Å². The summed E-state index contributed by atoms with van der Waals surface area (Å²) in [5.41, 5.74) is 4.89. The Bertz CT molecular complexity index is 1180. The molecule has 2 aromatic rings. The number of para-hydroxylation sites is 1. The highest BCUT2D eigenvalue weighted by Crippen LogP contribution is 2.33. The molecule has 0 saturated heterocycles. The quantitative estimate of drug-likeness (QED) is 0.176. The molecular formula is C27H32N4O5S. The summed E-state index contributed by atoms with van der Waals surface area (Å²) in [7, 11) is 0. The summed E-state index contributed by atoms with van der Waals surface area (Å²) in [6.45, 7) is 7.54. The van der Waals surface area contributed by atoms with Gasteiger partial charge in [-0.1, -0.05) is 25.1 Å². The van der Waals surface area contributed by atoms with E-state index in [4.69, 9.17) is 26.4 Å². The molecule has 1 aliphatic rings. The van der Waals surface area contributed by atoms with Crippen molar-refractivity contribution in [1.29, 1.82) is 0 Å². The number of esters is 1. The van der Waals surface area contributed by atoms with Crippen LogP contribution < -0.4 is 25.5 Å². The number of rotatable bonds is 11. The molecule has 1 heterocycles. The van der Waals surface area contributed by atoms with Crippen LogP contribution in [0.15, 0.2) is 64.9 Å². The Morgan fingerprint density at radius 3 is 2.59 bits per heavy atom. The summed E-state index contributed by atoms with van der Waals surface area (Å²) in [6.07, 6.45) is 2.60.